The van der Waals surface area contributed by atoms with Crippen molar-refractivity contribution in [1.29, 1.82) is 0 Å². The van der Waals surface area contributed by atoms with Crippen LogP contribution >= 0.6 is 0 Å². The molecule has 1 amide bonds. The van der Waals surface area contributed by atoms with Crippen molar-refractivity contribution in [2.75, 3.05) is 18.8 Å². The Kier molecular flexibility index (Phi) is 3.80. The van der Waals surface area contributed by atoms with Gasteiger partial charge in [0.2, 0.25) is 0 Å². The number of hydrogen-bond donors (Lipinski definition) is 3. The van der Waals surface area contributed by atoms with Crippen molar-refractivity contribution >= 4 is 22.8 Å². The highest BCUT2D eigenvalue weighted by molar-refractivity contribution is 6.05. The van der Waals surface area contributed by atoms with Crippen molar-refractivity contribution in [1.82, 2.24) is 35.5 Å². The van der Waals surface area contributed by atoms with Gasteiger partial charge in [-0.15, -0.1) is 0 Å². The van der Waals surface area contributed by atoms with E-state index in [0.717, 1.165) is 19.5 Å². The lowest BCUT2D eigenvalue weighted by Crippen LogP contribution is -2.36. The van der Waals surface area contributed by atoms with Crippen molar-refractivity contribution in [2.45, 2.75) is 25.9 Å². The smallest absolute Gasteiger partial charge is 0.255 e. The number of carbonyl (C=O) groups excluding carboxylic acids is 1. The summed E-state index contributed by atoms with van der Waals surface area (Å²) in [5.41, 5.74) is 7.91. The summed E-state index contributed by atoms with van der Waals surface area (Å²) in [6.07, 6.45) is 4.08. The maximum Gasteiger partial charge on any atom is 0.255 e. The van der Waals surface area contributed by atoms with E-state index in [9.17, 15) is 4.79 Å². The van der Waals surface area contributed by atoms with Gasteiger partial charge in [0.25, 0.3) is 5.91 Å². The lowest BCUT2D eigenvalue weighted by molar-refractivity contribution is 0.0941. The fraction of sp³-hybridized carbons (Fsp3) is 0.400. The monoisotopic (exact) mass is 342 g/mol. The molecule has 0 bridgehead atoms. The van der Waals surface area contributed by atoms with Crippen LogP contribution in [0.15, 0.2) is 17.0 Å². The number of hydrogen-bond acceptors (Lipinski definition) is 8. The van der Waals surface area contributed by atoms with Crippen LogP contribution in [0.5, 0.6) is 0 Å². The molecule has 0 aromatic carbocycles. The third-order valence-electron chi connectivity index (χ3n) is 4.33. The Hall–Kier alpha value is -3.01. The van der Waals surface area contributed by atoms with Crippen molar-refractivity contribution in [3.8, 4) is 11.5 Å². The second-order valence-electron chi connectivity index (χ2n) is 5.90. The van der Waals surface area contributed by atoms with E-state index in [1.54, 1.807) is 12.4 Å². The van der Waals surface area contributed by atoms with E-state index < -0.39 is 0 Å². The molecule has 0 aliphatic carbocycles. The Bertz CT molecular complexity index is 925. The van der Waals surface area contributed by atoms with Crippen molar-refractivity contribution in [3.05, 3.63) is 18.0 Å². The number of aryl methyl sites for hydroxylation is 1. The fourth-order valence-corrected chi connectivity index (χ4v) is 3.13. The summed E-state index contributed by atoms with van der Waals surface area (Å²) in [6, 6.07) is 0.121. The highest BCUT2D eigenvalue weighted by Crippen LogP contribution is 2.28. The number of nitrogen functional groups attached to an aromatic ring is 1. The molecule has 4 rings (SSSR count). The van der Waals surface area contributed by atoms with Crippen LogP contribution in [0.25, 0.3) is 22.6 Å². The van der Waals surface area contributed by atoms with Gasteiger partial charge in [0, 0.05) is 25.3 Å². The molecule has 1 aliphatic rings. The predicted octanol–water partition coefficient (Wildman–Crippen LogP) is 0.175. The zero-order chi connectivity index (χ0) is 17.4. The maximum absolute atomic E-state index is 12.8. The molecule has 25 heavy (non-hydrogen) atoms. The Balaban J connectivity index is 1.81. The van der Waals surface area contributed by atoms with Gasteiger partial charge >= 0.3 is 0 Å². The number of amides is 1. The van der Waals surface area contributed by atoms with E-state index in [0.29, 0.717) is 34.7 Å². The van der Waals surface area contributed by atoms with E-state index in [1.165, 1.54) is 0 Å². The van der Waals surface area contributed by atoms with Crippen LogP contribution in [0, 0.1) is 0 Å². The van der Waals surface area contributed by atoms with Crippen molar-refractivity contribution in [2.24, 2.45) is 0 Å². The molecule has 4 heterocycles. The molecular weight excluding hydrogens is 324 g/mol. The number of fused-ring (bicyclic) bond motifs is 1. The van der Waals surface area contributed by atoms with Crippen LogP contribution in [0.2, 0.25) is 0 Å². The highest BCUT2D eigenvalue weighted by Gasteiger charge is 2.24. The number of nitrogens with two attached hydrogens (primary N) is 1. The van der Waals surface area contributed by atoms with Gasteiger partial charge < -0.3 is 20.9 Å². The van der Waals surface area contributed by atoms with Crippen LogP contribution < -0.4 is 16.4 Å². The summed E-state index contributed by atoms with van der Waals surface area (Å²) in [5.74, 6) is 0.487. The van der Waals surface area contributed by atoms with E-state index in [2.05, 4.69) is 35.5 Å². The average molecular weight is 342 g/mol. The first kappa shape index (κ1) is 15.5. The molecule has 130 valence electrons. The first-order chi connectivity index (χ1) is 12.2. The molecule has 0 radical (unpaired) electrons. The zero-order valence-electron chi connectivity index (χ0n) is 13.7. The predicted molar refractivity (Wildman–Crippen MR) is 89.6 cm³/mol. The highest BCUT2D eigenvalue weighted by atomic mass is 16.6. The minimum absolute atomic E-state index is 0.121. The number of nitrogens with one attached hydrogen (secondary N) is 2. The lowest BCUT2D eigenvalue weighted by Gasteiger charge is -2.13. The number of anilines is 1. The molecule has 3 aromatic heterocycles. The van der Waals surface area contributed by atoms with Crippen LogP contribution in [0.1, 0.15) is 23.7 Å². The first-order valence-corrected chi connectivity index (χ1v) is 8.13. The number of carbonyl (C=O) groups is 1. The van der Waals surface area contributed by atoms with Gasteiger partial charge in [-0.3, -0.25) is 9.78 Å². The van der Waals surface area contributed by atoms with Gasteiger partial charge in [-0.05, 0) is 30.2 Å². The zero-order valence-corrected chi connectivity index (χ0v) is 13.7. The normalized spacial score (nSPS) is 17.2. The topological polar surface area (TPSA) is 137 Å². The Morgan fingerprint density at radius 2 is 2.36 bits per heavy atom. The van der Waals surface area contributed by atoms with Gasteiger partial charge in [-0.2, -0.15) is 0 Å². The molecule has 3 aromatic rings. The van der Waals surface area contributed by atoms with E-state index in [4.69, 9.17) is 5.73 Å². The van der Waals surface area contributed by atoms with Crippen molar-refractivity contribution < 1.29 is 9.42 Å². The van der Waals surface area contributed by atoms with Gasteiger partial charge in [0.15, 0.2) is 17.3 Å². The van der Waals surface area contributed by atoms with Crippen LogP contribution in [-0.4, -0.2) is 49.9 Å². The van der Waals surface area contributed by atoms with Gasteiger partial charge in [0.1, 0.15) is 5.52 Å². The van der Waals surface area contributed by atoms with E-state index in [1.807, 2.05) is 11.5 Å². The van der Waals surface area contributed by atoms with Gasteiger partial charge in [-0.1, -0.05) is 0 Å². The first-order valence-electron chi connectivity index (χ1n) is 8.13. The largest absolute Gasteiger partial charge is 0.379 e. The molecule has 10 heteroatoms. The number of nitrogens with zero attached hydrogens (tertiary/aromatic N) is 5. The second-order valence-corrected chi connectivity index (χ2v) is 5.90. The third kappa shape index (κ3) is 2.60. The third-order valence-corrected chi connectivity index (χ3v) is 4.33. The quantitative estimate of drug-likeness (QED) is 0.610. The molecular formula is C15H18N8O2. The fourth-order valence-electron chi connectivity index (χ4n) is 3.13. The molecule has 0 spiro atoms. The molecule has 10 nitrogen and oxygen atoms in total. The standard InChI is InChI=1S/C15H18N8O2/c1-2-23-12-9(15(24)19-8-3-4-17-5-8)6-18-7-10(12)20-14(23)11-13(16)22-25-21-11/h6-8,17H,2-5H2,1H3,(H2,16,22)(H,19,24)/t8-/m1/s1. The molecule has 0 unspecified atom stereocenters. The number of imidazole rings is 1. The van der Waals surface area contributed by atoms with Gasteiger partial charge in [0.05, 0.1) is 17.3 Å². The Morgan fingerprint density at radius 1 is 1.48 bits per heavy atom. The molecule has 0 saturated carbocycles. The SMILES string of the molecule is CCn1c(-c2nonc2N)nc2cncc(C(=O)N[C@@H]3CCNC3)c21. The summed E-state index contributed by atoms with van der Waals surface area (Å²) in [7, 11) is 0. The molecule has 1 atom stereocenters. The van der Waals surface area contributed by atoms with E-state index in [-0.39, 0.29) is 17.8 Å². The summed E-state index contributed by atoms with van der Waals surface area (Å²) in [5, 5.41) is 13.7. The summed E-state index contributed by atoms with van der Waals surface area (Å²) >= 11 is 0. The molecule has 1 saturated heterocycles. The van der Waals surface area contributed by atoms with Gasteiger partial charge in [-0.25, -0.2) is 9.61 Å². The molecule has 4 N–H and O–H groups in total. The average Bonchev–Trinajstić information content (AvgIpc) is 3.33. The minimum atomic E-state index is -0.167. The number of rotatable bonds is 4. The van der Waals surface area contributed by atoms with E-state index >= 15 is 0 Å². The molecule has 1 fully saturated rings. The van der Waals surface area contributed by atoms with Crippen molar-refractivity contribution in [3.63, 3.8) is 0 Å². The van der Waals surface area contributed by atoms with Crippen LogP contribution in [0.3, 0.4) is 0 Å². The van der Waals surface area contributed by atoms with Crippen LogP contribution in [-0.2, 0) is 6.54 Å². The minimum Gasteiger partial charge on any atom is -0.379 e. The van der Waals surface area contributed by atoms with Crippen LogP contribution in [0.4, 0.5) is 5.82 Å². The summed E-state index contributed by atoms with van der Waals surface area (Å²) in [4.78, 5) is 21.4. The second kappa shape index (κ2) is 6.13. The molecule has 1 aliphatic heterocycles. The lowest BCUT2D eigenvalue weighted by atomic mass is 10.2. The Labute approximate surface area is 142 Å². The number of pyridine rings is 1. The summed E-state index contributed by atoms with van der Waals surface area (Å²) in [6.45, 7) is 4.21. The number of aromatic nitrogens is 5. The Morgan fingerprint density at radius 3 is 3.04 bits per heavy atom. The maximum atomic E-state index is 12.8. The summed E-state index contributed by atoms with van der Waals surface area (Å²) < 4.78 is 6.55.